The smallest absolute Gasteiger partial charge is 0.126 e. The fourth-order valence-electron chi connectivity index (χ4n) is 2.02. The third kappa shape index (κ3) is 4.36. The summed E-state index contributed by atoms with van der Waals surface area (Å²) < 4.78 is 5.55. The van der Waals surface area contributed by atoms with E-state index in [1.807, 2.05) is 0 Å². The largest absolute Gasteiger partial charge is 0.496 e. The second-order valence-electron chi connectivity index (χ2n) is 4.59. The van der Waals surface area contributed by atoms with Gasteiger partial charge in [0.25, 0.3) is 0 Å². The highest BCUT2D eigenvalue weighted by Crippen LogP contribution is 2.26. The molecule has 0 aliphatic rings. The van der Waals surface area contributed by atoms with Gasteiger partial charge in [0, 0.05) is 12.1 Å². The molecule has 0 radical (unpaired) electrons. The molecule has 1 aromatic carbocycles. The highest BCUT2D eigenvalue weighted by Gasteiger charge is 2.09. The van der Waals surface area contributed by atoms with E-state index < -0.39 is 0 Å². The van der Waals surface area contributed by atoms with Crippen molar-refractivity contribution in [2.24, 2.45) is 5.73 Å². The lowest BCUT2D eigenvalue weighted by atomic mass is 10.0. The summed E-state index contributed by atoms with van der Waals surface area (Å²) in [5, 5.41) is 0. The summed E-state index contributed by atoms with van der Waals surface area (Å²) in [6.07, 6.45) is 3.24. The van der Waals surface area contributed by atoms with Crippen molar-refractivity contribution in [2.75, 3.05) is 27.7 Å². The maximum Gasteiger partial charge on any atom is 0.126 e. The van der Waals surface area contributed by atoms with Gasteiger partial charge in [-0.3, -0.25) is 0 Å². The number of nitrogens with zero attached hydrogens (tertiary/aromatic N) is 1. The molecule has 0 atom stereocenters. The fourth-order valence-corrected chi connectivity index (χ4v) is 2.02. The predicted octanol–water partition coefficient (Wildman–Crippen LogP) is 2.04. The van der Waals surface area contributed by atoms with Crippen LogP contribution in [0, 0.1) is 0 Å². The standard InChI is InChI=1S/C14H24N2O/c1-16(2)11-13-9-6-8-12(14(13)17-3)7-4-5-10-15/h6,8-9H,4-5,7,10-11,15H2,1-3H3. The average molecular weight is 236 g/mol. The molecular formula is C14H24N2O. The van der Waals surface area contributed by atoms with Crippen LogP contribution in [0.3, 0.4) is 0 Å². The monoisotopic (exact) mass is 236 g/mol. The van der Waals surface area contributed by atoms with Crippen molar-refractivity contribution in [1.82, 2.24) is 4.90 Å². The van der Waals surface area contributed by atoms with E-state index in [1.54, 1.807) is 7.11 Å². The molecule has 1 aromatic rings. The van der Waals surface area contributed by atoms with E-state index in [-0.39, 0.29) is 0 Å². The molecule has 0 spiro atoms. The predicted molar refractivity (Wildman–Crippen MR) is 72.4 cm³/mol. The van der Waals surface area contributed by atoms with E-state index >= 15 is 0 Å². The van der Waals surface area contributed by atoms with E-state index in [0.717, 1.165) is 38.1 Å². The van der Waals surface area contributed by atoms with Gasteiger partial charge in [-0.05, 0) is 45.5 Å². The molecule has 17 heavy (non-hydrogen) atoms. The lowest BCUT2D eigenvalue weighted by Crippen LogP contribution is -2.12. The molecule has 0 bridgehead atoms. The van der Waals surface area contributed by atoms with Crippen LogP contribution in [0.4, 0.5) is 0 Å². The number of methoxy groups -OCH3 is 1. The van der Waals surface area contributed by atoms with Crippen LogP contribution in [0.15, 0.2) is 18.2 Å². The minimum atomic E-state index is 0.764. The first kappa shape index (κ1) is 14.0. The summed E-state index contributed by atoms with van der Waals surface area (Å²) in [6.45, 7) is 1.67. The molecular weight excluding hydrogens is 212 g/mol. The number of ether oxygens (including phenoxy) is 1. The number of benzene rings is 1. The second-order valence-corrected chi connectivity index (χ2v) is 4.59. The third-order valence-corrected chi connectivity index (χ3v) is 2.77. The van der Waals surface area contributed by atoms with Gasteiger partial charge in [0.05, 0.1) is 7.11 Å². The zero-order chi connectivity index (χ0) is 12.7. The SMILES string of the molecule is COc1c(CCCCN)cccc1CN(C)C. The summed E-state index contributed by atoms with van der Waals surface area (Å²) in [4.78, 5) is 2.15. The zero-order valence-electron chi connectivity index (χ0n) is 11.2. The Kier molecular flexibility index (Phi) is 6.01. The first-order valence-corrected chi connectivity index (χ1v) is 6.18. The van der Waals surface area contributed by atoms with Crippen molar-refractivity contribution in [3.8, 4) is 5.75 Å². The van der Waals surface area contributed by atoms with Crippen LogP contribution in [0.2, 0.25) is 0 Å². The molecule has 0 aromatic heterocycles. The number of para-hydroxylation sites is 1. The van der Waals surface area contributed by atoms with E-state index in [9.17, 15) is 0 Å². The van der Waals surface area contributed by atoms with Crippen LogP contribution in [-0.2, 0) is 13.0 Å². The molecule has 1 rings (SSSR count). The zero-order valence-corrected chi connectivity index (χ0v) is 11.2. The Morgan fingerprint density at radius 3 is 2.47 bits per heavy atom. The fraction of sp³-hybridized carbons (Fsp3) is 0.571. The molecule has 0 saturated heterocycles. The minimum absolute atomic E-state index is 0.764. The number of rotatable bonds is 7. The quantitative estimate of drug-likeness (QED) is 0.736. The lowest BCUT2D eigenvalue weighted by molar-refractivity contribution is 0.369. The van der Waals surface area contributed by atoms with Gasteiger partial charge >= 0.3 is 0 Å². The highest BCUT2D eigenvalue weighted by molar-refractivity contribution is 5.41. The van der Waals surface area contributed by atoms with Crippen LogP contribution in [-0.4, -0.2) is 32.6 Å². The highest BCUT2D eigenvalue weighted by atomic mass is 16.5. The topological polar surface area (TPSA) is 38.5 Å². The first-order valence-electron chi connectivity index (χ1n) is 6.18. The van der Waals surface area contributed by atoms with Gasteiger partial charge in [-0.25, -0.2) is 0 Å². The Morgan fingerprint density at radius 2 is 1.88 bits per heavy atom. The molecule has 96 valence electrons. The summed E-state index contributed by atoms with van der Waals surface area (Å²) in [5.74, 6) is 1.04. The van der Waals surface area contributed by atoms with Crippen LogP contribution in [0.25, 0.3) is 0 Å². The number of hydrogen-bond donors (Lipinski definition) is 1. The van der Waals surface area contributed by atoms with Crippen molar-refractivity contribution in [2.45, 2.75) is 25.8 Å². The molecule has 0 amide bonds. The van der Waals surface area contributed by atoms with Gasteiger partial charge in [0.2, 0.25) is 0 Å². The van der Waals surface area contributed by atoms with Crippen molar-refractivity contribution in [3.63, 3.8) is 0 Å². The number of nitrogens with two attached hydrogens (primary N) is 1. The van der Waals surface area contributed by atoms with Crippen molar-refractivity contribution in [1.29, 1.82) is 0 Å². The summed E-state index contributed by atoms with van der Waals surface area (Å²) in [5.41, 5.74) is 8.07. The van der Waals surface area contributed by atoms with Gasteiger partial charge < -0.3 is 15.4 Å². The van der Waals surface area contributed by atoms with Gasteiger partial charge in [0.1, 0.15) is 5.75 Å². The number of aryl methyl sites for hydroxylation is 1. The Bertz CT molecular complexity index is 337. The van der Waals surface area contributed by atoms with Gasteiger partial charge in [-0.2, -0.15) is 0 Å². The van der Waals surface area contributed by atoms with E-state index in [2.05, 4.69) is 37.2 Å². The third-order valence-electron chi connectivity index (χ3n) is 2.77. The van der Waals surface area contributed by atoms with Crippen LogP contribution < -0.4 is 10.5 Å². The molecule has 0 saturated carbocycles. The Labute approximate surface area is 105 Å². The van der Waals surface area contributed by atoms with E-state index in [0.29, 0.717) is 0 Å². The first-order chi connectivity index (χ1) is 8.19. The van der Waals surface area contributed by atoms with Gasteiger partial charge in [-0.15, -0.1) is 0 Å². The molecule has 2 N–H and O–H groups in total. The van der Waals surface area contributed by atoms with Gasteiger partial charge in [-0.1, -0.05) is 18.2 Å². The molecule has 0 fully saturated rings. The molecule has 0 aliphatic heterocycles. The molecule has 3 nitrogen and oxygen atoms in total. The van der Waals surface area contributed by atoms with E-state index in [1.165, 1.54) is 11.1 Å². The molecule has 0 heterocycles. The Morgan fingerprint density at radius 1 is 1.18 bits per heavy atom. The van der Waals surface area contributed by atoms with Crippen molar-refractivity contribution >= 4 is 0 Å². The summed E-state index contributed by atoms with van der Waals surface area (Å²) in [6, 6.07) is 6.39. The van der Waals surface area contributed by atoms with Gasteiger partial charge in [0.15, 0.2) is 0 Å². The number of hydrogen-bond acceptors (Lipinski definition) is 3. The maximum atomic E-state index is 5.55. The molecule has 3 heteroatoms. The number of unbranched alkanes of at least 4 members (excludes halogenated alkanes) is 1. The molecule has 0 unspecified atom stereocenters. The maximum absolute atomic E-state index is 5.55. The normalized spacial score (nSPS) is 10.9. The average Bonchev–Trinajstić information content (AvgIpc) is 2.29. The second kappa shape index (κ2) is 7.30. The Balaban J connectivity index is 2.81. The van der Waals surface area contributed by atoms with E-state index in [4.69, 9.17) is 10.5 Å². The van der Waals surface area contributed by atoms with Crippen molar-refractivity contribution in [3.05, 3.63) is 29.3 Å². The minimum Gasteiger partial charge on any atom is -0.496 e. The lowest BCUT2D eigenvalue weighted by Gasteiger charge is -2.16. The summed E-state index contributed by atoms with van der Waals surface area (Å²) in [7, 11) is 5.89. The Hall–Kier alpha value is -1.06. The van der Waals surface area contributed by atoms with Crippen molar-refractivity contribution < 1.29 is 4.74 Å². The van der Waals surface area contributed by atoms with Crippen LogP contribution in [0.5, 0.6) is 5.75 Å². The molecule has 0 aliphatic carbocycles. The van der Waals surface area contributed by atoms with Crippen LogP contribution >= 0.6 is 0 Å². The van der Waals surface area contributed by atoms with Crippen LogP contribution in [0.1, 0.15) is 24.0 Å². The summed E-state index contributed by atoms with van der Waals surface area (Å²) >= 11 is 0.